The average molecular weight is 343 g/mol. The predicted molar refractivity (Wildman–Crippen MR) is 77.8 cm³/mol. The second-order valence-corrected chi connectivity index (χ2v) is 6.15. The molecule has 1 aliphatic rings. The summed E-state index contributed by atoms with van der Waals surface area (Å²) in [5, 5.41) is 23.5. The SMILES string of the molecule is CC1(C(=O)O)CCCC1Nc1cc(Br)ccc1[N+](=O)[O-]. The minimum atomic E-state index is -0.893. The van der Waals surface area contributed by atoms with Crippen molar-refractivity contribution in [2.75, 3.05) is 5.32 Å². The number of nitro groups is 1. The molecule has 2 unspecified atom stereocenters. The van der Waals surface area contributed by atoms with Gasteiger partial charge in [-0.2, -0.15) is 0 Å². The zero-order chi connectivity index (χ0) is 14.9. The monoisotopic (exact) mass is 342 g/mol. The fourth-order valence-corrected chi connectivity index (χ4v) is 2.99. The summed E-state index contributed by atoms with van der Waals surface area (Å²) in [6, 6.07) is 4.29. The number of nitrogens with one attached hydrogen (secondary N) is 1. The number of anilines is 1. The molecule has 1 fully saturated rings. The van der Waals surface area contributed by atoms with Gasteiger partial charge in [0.05, 0.1) is 10.3 Å². The van der Waals surface area contributed by atoms with E-state index in [1.54, 1.807) is 19.1 Å². The van der Waals surface area contributed by atoms with Gasteiger partial charge in [0.1, 0.15) is 5.69 Å². The summed E-state index contributed by atoms with van der Waals surface area (Å²) < 4.78 is 0.709. The van der Waals surface area contributed by atoms with Gasteiger partial charge >= 0.3 is 5.97 Å². The number of aliphatic carboxylic acids is 1. The second-order valence-electron chi connectivity index (χ2n) is 5.23. The van der Waals surface area contributed by atoms with Crippen LogP contribution in [0.15, 0.2) is 22.7 Å². The maximum Gasteiger partial charge on any atom is 0.311 e. The summed E-state index contributed by atoms with van der Waals surface area (Å²) in [4.78, 5) is 22.0. The fourth-order valence-electron chi connectivity index (χ4n) is 2.62. The normalized spacial score (nSPS) is 25.4. The third-order valence-electron chi connectivity index (χ3n) is 3.93. The highest BCUT2D eigenvalue weighted by Gasteiger charge is 2.45. The molecule has 0 spiro atoms. The Labute approximate surface area is 124 Å². The molecule has 7 heteroatoms. The molecular weight excluding hydrogens is 328 g/mol. The number of benzene rings is 1. The van der Waals surface area contributed by atoms with E-state index in [0.29, 0.717) is 23.0 Å². The van der Waals surface area contributed by atoms with Crippen molar-refractivity contribution in [1.82, 2.24) is 0 Å². The van der Waals surface area contributed by atoms with E-state index in [9.17, 15) is 20.0 Å². The van der Waals surface area contributed by atoms with Crippen LogP contribution in [-0.2, 0) is 4.79 Å². The van der Waals surface area contributed by atoms with Gasteiger partial charge in [0.25, 0.3) is 5.69 Å². The Kier molecular flexibility index (Phi) is 3.99. The number of carbonyl (C=O) groups is 1. The van der Waals surface area contributed by atoms with Crippen LogP contribution in [0.2, 0.25) is 0 Å². The van der Waals surface area contributed by atoms with Crippen molar-refractivity contribution in [3.8, 4) is 0 Å². The van der Waals surface area contributed by atoms with Crippen LogP contribution >= 0.6 is 15.9 Å². The summed E-state index contributed by atoms with van der Waals surface area (Å²) in [6.07, 6.45) is 2.05. The molecule has 1 aromatic carbocycles. The molecule has 0 saturated heterocycles. The Hall–Kier alpha value is -1.63. The van der Waals surface area contributed by atoms with Crippen molar-refractivity contribution in [1.29, 1.82) is 0 Å². The van der Waals surface area contributed by atoms with Crippen LogP contribution in [0.25, 0.3) is 0 Å². The standard InChI is InChI=1S/C13H15BrN2O4/c1-13(12(17)18)6-2-3-11(13)15-9-7-8(14)4-5-10(9)16(19)20/h4-5,7,11,15H,2-3,6H2,1H3,(H,17,18). The van der Waals surface area contributed by atoms with Crippen molar-refractivity contribution in [3.05, 3.63) is 32.8 Å². The van der Waals surface area contributed by atoms with E-state index in [1.807, 2.05) is 0 Å². The number of halogens is 1. The first-order valence-electron chi connectivity index (χ1n) is 6.28. The summed E-state index contributed by atoms with van der Waals surface area (Å²) in [6.45, 7) is 1.68. The number of carboxylic acid groups (broad SMARTS) is 1. The van der Waals surface area contributed by atoms with Gasteiger partial charge in [0.15, 0.2) is 0 Å². The molecule has 0 bridgehead atoms. The molecule has 0 aromatic heterocycles. The average Bonchev–Trinajstić information content (AvgIpc) is 2.72. The number of nitro benzene ring substituents is 1. The van der Waals surface area contributed by atoms with E-state index in [-0.39, 0.29) is 11.7 Å². The summed E-state index contributed by atoms with van der Waals surface area (Å²) >= 11 is 3.27. The van der Waals surface area contributed by atoms with Gasteiger partial charge in [-0.15, -0.1) is 0 Å². The van der Waals surface area contributed by atoms with Crippen LogP contribution < -0.4 is 5.32 Å². The highest BCUT2D eigenvalue weighted by atomic mass is 79.9. The van der Waals surface area contributed by atoms with Gasteiger partial charge in [0, 0.05) is 16.6 Å². The zero-order valence-corrected chi connectivity index (χ0v) is 12.5. The quantitative estimate of drug-likeness (QED) is 0.646. The van der Waals surface area contributed by atoms with Gasteiger partial charge in [0.2, 0.25) is 0 Å². The lowest BCUT2D eigenvalue weighted by molar-refractivity contribution is -0.384. The zero-order valence-electron chi connectivity index (χ0n) is 10.9. The third-order valence-corrected chi connectivity index (χ3v) is 4.42. The first-order valence-corrected chi connectivity index (χ1v) is 7.08. The number of hydrogen-bond donors (Lipinski definition) is 2. The lowest BCUT2D eigenvalue weighted by Crippen LogP contribution is -2.40. The number of rotatable bonds is 4. The summed E-state index contributed by atoms with van der Waals surface area (Å²) in [5.41, 5.74) is -0.590. The van der Waals surface area contributed by atoms with Crippen LogP contribution in [0.5, 0.6) is 0 Å². The van der Waals surface area contributed by atoms with Crippen LogP contribution in [0.4, 0.5) is 11.4 Å². The largest absolute Gasteiger partial charge is 0.481 e. The summed E-state index contributed by atoms with van der Waals surface area (Å²) in [5.74, 6) is -0.870. The molecule has 6 nitrogen and oxygen atoms in total. The molecule has 20 heavy (non-hydrogen) atoms. The number of carboxylic acids is 1. The van der Waals surface area contributed by atoms with Gasteiger partial charge in [-0.05, 0) is 31.9 Å². The summed E-state index contributed by atoms with van der Waals surface area (Å²) in [7, 11) is 0. The highest BCUT2D eigenvalue weighted by molar-refractivity contribution is 9.10. The Balaban J connectivity index is 2.32. The maximum atomic E-state index is 11.4. The van der Waals surface area contributed by atoms with E-state index < -0.39 is 16.3 Å². The molecule has 1 saturated carbocycles. The van der Waals surface area contributed by atoms with E-state index in [0.717, 1.165) is 6.42 Å². The highest BCUT2D eigenvalue weighted by Crippen LogP contribution is 2.41. The molecule has 0 amide bonds. The Morgan fingerprint density at radius 1 is 1.60 bits per heavy atom. The smallest absolute Gasteiger partial charge is 0.311 e. The molecule has 0 radical (unpaired) electrons. The first kappa shape index (κ1) is 14.8. The molecule has 108 valence electrons. The molecule has 0 aliphatic heterocycles. The third kappa shape index (κ3) is 2.63. The van der Waals surface area contributed by atoms with Crippen molar-refractivity contribution in [2.45, 2.75) is 32.2 Å². The van der Waals surface area contributed by atoms with Crippen molar-refractivity contribution in [3.63, 3.8) is 0 Å². The minimum Gasteiger partial charge on any atom is -0.481 e. The Morgan fingerprint density at radius 3 is 2.90 bits per heavy atom. The van der Waals surface area contributed by atoms with Crippen LogP contribution in [0.1, 0.15) is 26.2 Å². The molecule has 2 rings (SSSR count). The van der Waals surface area contributed by atoms with Gasteiger partial charge in [-0.3, -0.25) is 14.9 Å². The Morgan fingerprint density at radius 2 is 2.30 bits per heavy atom. The van der Waals surface area contributed by atoms with E-state index in [4.69, 9.17) is 0 Å². The van der Waals surface area contributed by atoms with Gasteiger partial charge in [-0.25, -0.2) is 0 Å². The number of nitrogens with zero attached hydrogens (tertiary/aromatic N) is 1. The first-order chi connectivity index (χ1) is 9.34. The van der Waals surface area contributed by atoms with Crippen molar-refractivity contribution < 1.29 is 14.8 Å². The van der Waals surface area contributed by atoms with Crippen LogP contribution in [0.3, 0.4) is 0 Å². The van der Waals surface area contributed by atoms with Gasteiger partial charge < -0.3 is 10.4 Å². The molecule has 2 atom stereocenters. The topological polar surface area (TPSA) is 92.5 Å². The molecular formula is C13H15BrN2O4. The van der Waals surface area contributed by atoms with Crippen molar-refractivity contribution >= 4 is 33.3 Å². The predicted octanol–water partition coefficient (Wildman–Crippen LogP) is 3.41. The molecule has 0 heterocycles. The maximum absolute atomic E-state index is 11.4. The van der Waals surface area contributed by atoms with Crippen LogP contribution in [0, 0.1) is 15.5 Å². The van der Waals surface area contributed by atoms with E-state index >= 15 is 0 Å². The number of hydrogen-bond acceptors (Lipinski definition) is 4. The van der Waals surface area contributed by atoms with E-state index in [2.05, 4.69) is 21.2 Å². The minimum absolute atomic E-state index is 0.0483. The van der Waals surface area contributed by atoms with E-state index in [1.165, 1.54) is 6.07 Å². The lowest BCUT2D eigenvalue weighted by Gasteiger charge is -2.28. The lowest BCUT2D eigenvalue weighted by atomic mass is 9.85. The van der Waals surface area contributed by atoms with Gasteiger partial charge in [-0.1, -0.05) is 22.4 Å². The molecule has 2 N–H and O–H groups in total. The van der Waals surface area contributed by atoms with Crippen LogP contribution in [-0.4, -0.2) is 22.0 Å². The second kappa shape index (κ2) is 5.40. The molecule has 1 aromatic rings. The fraction of sp³-hybridized carbons (Fsp3) is 0.462. The van der Waals surface area contributed by atoms with Crippen molar-refractivity contribution in [2.24, 2.45) is 5.41 Å². The Bertz CT molecular complexity index is 563. The molecule has 1 aliphatic carbocycles.